The molecule has 0 aliphatic rings. The van der Waals surface area contributed by atoms with Crippen molar-refractivity contribution in [2.45, 2.75) is 11.8 Å². The lowest BCUT2D eigenvalue weighted by Gasteiger charge is -2.02. The molecule has 72 valence electrons. The number of rotatable bonds is 3. The monoisotopic (exact) mass is 200 g/mol. The van der Waals surface area contributed by atoms with Crippen molar-refractivity contribution in [2.24, 2.45) is 0 Å². The molecule has 0 amide bonds. The van der Waals surface area contributed by atoms with Crippen LogP contribution < -0.4 is 0 Å². The van der Waals surface area contributed by atoms with Crippen LogP contribution in [0.3, 0.4) is 0 Å². The second-order valence-corrected chi connectivity index (χ2v) is 4.77. The van der Waals surface area contributed by atoms with Gasteiger partial charge in [-0.2, -0.15) is 0 Å². The van der Waals surface area contributed by atoms with Crippen LogP contribution in [-0.2, 0) is 14.6 Å². The smallest absolute Gasteiger partial charge is 0.202 e. The molecule has 0 aliphatic heterocycles. The molecule has 0 aromatic heterocycles. The SMILES string of the molecule is COCS(=O)(=O)c1ccc(C)cc1. The lowest BCUT2D eigenvalue weighted by molar-refractivity contribution is 0.250. The van der Waals surface area contributed by atoms with Crippen molar-refractivity contribution >= 4 is 9.84 Å². The molecular weight excluding hydrogens is 188 g/mol. The third kappa shape index (κ3) is 2.54. The summed E-state index contributed by atoms with van der Waals surface area (Å²) in [6.07, 6.45) is 0. The summed E-state index contributed by atoms with van der Waals surface area (Å²) in [5.74, 6) is -0.268. The van der Waals surface area contributed by atoms with Crippen LogP contribution in [0.5, 0.6) is 0 Å². The van der Waals surface area contributed by atoms with Crippen molar-refractivity contribution in [3.05, 3.63) is 29.8 Å². The van der Waals surface area contributed by atoms with Gasteiger partial charge in [0.1, 0.15) is 0 Å². The lowest BCUT2D eigenvalue weighted by Crippen LogP contribution is -2.07. The van der Waals surface area contributed by atoms with E-state index in [1.807, 2.05) is 6.92 Å². The Morgan fingerprint density at radius 3 is 2.23 bits per heavy atom. The highest BCUT2D eigenvalue weighted by Crippen LogP contribution is 2.11. The van der Waals surface area contributed by atoms with Crippen LogP contribution in [0.25, 0.3) is 0 Å². The van der Waals surface area contributed by atoms with Crippen molar-refractivity contribution in [3.63, 3.8) is 0 Å². The lowest BCUT2D eigenvalue weighted by atomic mass is 10.2. The molecule has 1 aromatic carbocycles. The third-order valence-electron chi connectivity index (χ3n) is 1.65. The van der Waals surface area contributed by atoms with Gasteiger partial charge in [-0.3, -0.25) is 0 Å². The molecule has 0 atom stereocenters. The first-order chi connectivity index (χ1) is 6.06. The van der Waals surface area contributed by atoms with Gasteiger partial charge in [0.25, 0.3) is 0 Å². The minimum Gasteiger partial charge on any atom is -0.368 e. The second-order valence-electron chi connectivity index (χ2n) is 2.83. The number of hydrogen-bond acceptors (Lipinski definition) is 3. The van der Waals surface area contributed by atoms with Crippen LogP contribution in [0.1, 0.15) is 5.56 Å². The van der Waals surface area contributed by atoms with Crippen molar-refractivity contribution in [1.29, 1.82) is 0 Å². The van der Waals surface area contributed by atoms with Crippen LogP contribution in [0.15, 0.2) is 29.2 Å². The predicted molar refractivity (Wildman–Crippen MR) is 50.2 cm³/mol. The molecule has 0 saturated carbocycles. The molecule has 0 saturated heterocycles. The Bertz CT molecular complexity index is 364. The fraction of sp³-hybridized carbons (Fsp3) is 0.333. The number of sulfone groups is 1. The van der Waals surface area contributed by atoms with E-state index in [-0.39, 0.29) is 5.94 Å². The van der Waals surface area contributed by atoms with Gasteiger partial charge in [0.05, 0.1) is 4.90 Å². The van der Waals surface area contributed by atoms with Gasteiger partial charge in [-0.1, -0.05) is 17.7 Å². The number of benzene rings is 1. The molecule has 0 aliphatic carbocycles. The summed E-state index contributed by atoms with van der Waals surface area (Å²) in [6.45, 7) is 1.91. The van der Waals surface area contributed by atoms with E-state index in [0.29, 0.717) is 4.90 Å². The zero-order valence-electron chi connectivity index (χ0n) is 7.65. The van der Waals surface area contributed by atoms with E-state index >= 15 is 0 Å². The molecule has 0 radical (unpaired) electrons. The summed E-state index contributed by atoms with van der Waals surface area (Å²) in [5, 5.41) is 0. The Morgan fingerprint density at radius 2 is 1.77 bits per heavy atom. The summed E-state index contributed by atoms with van der Waals surface area (Å²) in [5.41, 5.74) is 1.04. The molecule has 0 unspecified atom stereocenters. The van der Waals surface area contributed by atoms with E-state index in [2.05, 4.69) is 4.74 Å². The van der Waals surface area contributed by atoms with Crippen LogP contribution >= 0.6 is 0 Å². The Hall–Kier alpha value is -0.870. The average molecular weight is 200 g/mol. The quantitative estimate of drug-likeness (QED) is 0.740. The standard InChI is InChI=1S/C9H12O3S/c1-8-3-5-9(6-4-8)13(10,11)7-12-2/h3-6H,7H2,1-2H3. The summed E-state index contributed by atoms with van der Waals surface area (Å²) in [4.78, 5) is 0.306. The van der Waals surface area contributed by atoms with Gasteiger partial charge in [0, 0.05) is 7.11 Å². The van der Waals surface area contributed by atoms with Gasteiger partial charge in [-0.05, 0) is 19.1 Å². The first-order valence-electron chi connectivity index (χ1n) is 3.84. The molecule has 3 nitrogen and oxygen atoms in total. The van der Waals surface area contributed by atoms with Gasteiger partial charge < -0.3 is 4.74 Å². The maximum absolute atomic E-state index is 11.4. The minimum absolute atomic E-state index is 0.268. The van der Waals surface area contributed by atoms with Crippen LogP contribution in [-0.4, -0.2) is 21.5 Å². The molecule has 4 heteroatoms. The van der Waals surface area contributed by atoms with E-state index < -0.39 is 9.84 Å². The van der Waals surface area contributed by atoms with Gasteiger partial charge in [0.2, 0.25) is 9.84 Å². The third-order valence-corrected chi connectivity index (χ3v) is 3.19. The zero-order valence-corrected chi connectivity index (χ0v) is 8.47. The number of ether oxygens (including phenoxy) is 1. The molecule has 0 N–H and O–H groups in total. The highest BCUT2D eigenvalue weighted by molar-refractivity contribution is 7.91. The van der Waals surface area contributed by atoms with Gasteiger partial charge in [0.15, 0.2) is 5.94 Å². The Kier molecular flexibility index (Phi) is 3.06. The fourth-order valence-electron chi connectivity index (χ4n) is 0.969. The summed E-state index contributed by atoms with van der Waals surface area (Å²) in [6, 6.07) is 6.71. The highest BCUT2D eigenvalue weighted by Gasteiger charge is 2.12. The first-order valence-corrected chi connectivity index (χ1v) is 5.50. The van der Waals surface area contributed by atoms with Crippen LogP contribution in [0, 0.1) is 6.92 Å². The number of methoxy groups -OCH3 is 1. The number of hydrogen-bond donors (Lipinski definition) is 0. The molecule has 0 spiro atoms. The normalized spacial score (nSPS) is 11.5. The fourth-order valence-corrected chi connectivity index (χ4v) is 1.97. The van der Waals surface area contributed by atoms with E-state index in [0.717, 1.165) is 5.56 Å². The Balaban J connectivity index is 3.02. The van der Waals surface area contributed by atoms with Crippen LogP contribution in [0.4, 0.5) is 0 Å². The van der Waals surface area contributed by atoms with Crippen molar-refractivity contribution in [3.8, 4) is 0 Å². The maximum atomic E-state index is 11.4. The summed E-state index contributed by atoms with van der Waals surface area (Å²) < 4.78 is 27.4. The molecular formula is C9H12O3S. The Morgan fingerprint density at radius 1 is 1.23 bits per heavy atom. The topological polar surface area (TPSA) is 43.4 Å². The molecule has 0 bridgehead atoms. The van der Waals surface area contributed by atoms with Crippen LogP contribution in [0.2, 0.25) is 0 Å². The molecule has 1 rings (SSSR count). The largest absolute Gasteiger partial charge is 0.368 e. The molecule has 1 aromatic rings. The van der Waals surface area contributed by atoms with Gasteiger partial charge >= 0.3 is 0 Å². The van der Waals surface area contributed by atoms with E-state index in [1.165, 1.54) is 7.11 Å². The van der Waals surface area contributed by atoms with E-state index in [1.54, 1.807) is 24.3 Å². The van der Waals surface area contributed by atoms with Crippen molar-refractivity contribution in [1.82, 2.24) is 0 Å². The van der Waals surface area contributed by atoms with Gasteiger partial charge in [-0.15, -0.1) is 0 Å². The Labute approximate surface area is 78.3 Å². The first kappa shape index (κ1) is 10.2. The van der Waals surface area contributed by atoms with Crippen molar-refractivity contribution in [2.75, 3.05) is 13.0 Å². The van der Waals surface area contributed by atoms with Gasteiger partial charge in [-0.25, -0.2) is 8.42 Å². The van der Waals surface area contributed by atoms with E-state index in [4.69, 9.17) is 0 Å². The molecule has 0 fully saturated rings. The second kappa shape index (κ2) is 3.89. The maximum Gasteiger partial charge on any atom is 0.202 e. The predicted octanol–water partition coefficient (Wildman–Crippen LogP) is 1.37. The molecule has 0 heterocycles. The van der Waals surface area contributed by atoms with E-state index in [9.17, 15) is 8.42 Å². The summed E-state index contributed by atoms with van der Waals surface area (Å²) in [7, 11) is -1.88. The zero-order chi connectivity index (χ0) is 9.90. The summed E-state index contributed by atoms with van der Waals surface area (Å²) >= 11 is 0. The minimum atomic E-state index is -3.25. The number of aryl methyl sites for hydroxylation is 1. The average Bonchev–Trinajstić information content (AvgIpc) is 2.05. The van der Waals surface area contributed by atoms with Crippen molar-refractivity contribution < 1.29 is 13.2 Å². The molecule has 13 heavy (non-hydrogen) atoms. The highest BCUT2D eigenvalue weighted by atomic mass is 32.2.